The summed E-state index contributed by atoms with van der Waals surface area (Å²) in [5, 5.41) is 0. The third kappa shape index (κ3) is 3.33. The van der Waals surface area contributed by atoms with Gasteiger partial charge >= 0.3 is 0 Å². The lowest BCUT2D eigenvalue weighted by molar-refractivity contribution is -0.123. The molecule has 1 aliphatic heterocycles. The Labute approximate surface area is 109 Å². The maximum Gasteiger partial charge on any atom is 0.221 e. The minimum Gasteiger partial charge on any atom is -0.369 e. The fraction of sp³-hybridized carbons (Fsp3) is 0.533. The predicted octanol–water partition coefficient (Wildman–Crippen LogP) is 1.81. The fourth-order valence-electron chi connectivity index (χ4n) is 2.64. The van der Waals surface area contributed by atoms with Crippen molar-refractivity contribution in [3.8, 4) is 0 Å². The highest BCUT2D eigenvalue weighted by atomic mass is 16.1. The minimum absolute atomic E-state index is 0.0389. The summed E-state index contributed by atoms with van der Waals surface area (Å²) in [5.74, 6) is -0.108. The summed E-state index contributed by atoms with van der Waals surface area (Å²) in [6, 6.07) is 11.0. The van der Waals surface area contributed by atoms with Crippen LogP contribution in [-0.2, 0) is 11.2 Å². The SMILES string of the molecule is C[C@H]1CC[C@H](C(N)=O)CN1CCc1ccccc1. The zero-order chi connectivity index (χ0) is 13.0. The number of piperidine rings is 1. The maximum absolute atomic E-state index is 11.3. The molecular formula is C15H22N2O. The minimum atomic E-state index is -0.147. The second-order valence-electron chi connectivity index (χ2n) is 5.26. The van der Waals surface area contributed by atoms with Gasteiger partial charge in [0.05, 0.1) is 5.92 Å². The van der Waals surface area contributed by atoms with E-state index in [0.29, 0.717) is 6.04 Å². The Morgan fingerprint density at radius 1 is 1.33 bits per heavy atom. The molecule has 0 radical (unpaired) electrons. The van der Waals surface area contributed by atoms with E-state index >= 15 is 0 Å². The second kappa shape index (κ2) is 6.01. The van der Waals surface area contributed by atoms with Crippen molar-refractivity contribution < 1.29 is 4.79 Å². The zero-order valence-corrected chi connectivity index (χ0v) is 11.0. The van der Waals surface area contributed by atoms with Gasteiger partial charge < -0.3 is 5.73 Å². The van der Waals surface area contributed by atoms with E-state index in [1.165, 1.54) is 5.56 Å². The number of rotatable bonds is 4. The molecule has 1 aromatic rings. The maximum atomic E-state index is 11.3. The van der Waals surface area contributed by atoms with Crippen LogP contribution in [0.25, 0.3) is 0 Å². The van der Waals surface area contributed by atoms with Crippen molar-refractivity contribution in [2.75, 3.05) is 13.1 Å². The van der Waals surface area contributed by atoms with E-state index in [1.807, 2.05) is 6.07 Å². The first-order chi connectivity index (χ1) is 8.66. The van der Waals surface area contributed by atoms with Crippen LogP contribution in [0.2, 0.25) is 0 Å². The van der Waals surface area contributed by atoms with Crippen molar-refractivity contribution in [1.82, 2.24) is 4.90 Å². The van der Waals surface area contributed by atoms with E-state index in [4.69, 9.17) is 5.73 Å². The van der Waals surface area contributed by atoms with Gasteiger partial charge in [-0.2, -0.15) is 0 Å². The Balaban J connectivity index is 1.89. The summed E-state index contributed by atoms with van der Waals surface area (Å²) in [6.07, 6.45) is 3.05. The average Bonchev–Trinajstić information content (AvgIpc) is 2.38. The monoisotopic (exact) mass is 246 g/mol. The Kier molecular flexibility index (Phi) is 4.37. The molecule has 2 atom stereocenters. The number of benzene rings is 1. The van der Waals surface area contributed by atoms with Gasteiger partial charge in [0.1, 0.15) is 0 Å². The molecule has 2 rings (SSSR count). The quantitative estimate of drug-likeness (QED) is 0.880. The summed E-state index contributed by atoms with van der Waals surface area (Å²) < 4.78 is 0. The van der Waals surface area contributed by atoms with E-state index in [0.717, 1.165) is 32.4 Å². The van der Waals surface area contributed by atoms with Gasteiger partial charge in [-0.25, -0.2) is 0 Å². The summed E-state index contributed by atoms with van der Waals surface area (Å²) in [7, 11) is 0. The molecule has 0 aromatic heterocycles. The third-order valence-electron chi connectivity index (χ3n) is 3.94. The highest BCUT2D eigenvalue weighted by Gasteiger charge is 2.27. The molecule has 3 nitrogen and oxygen atoms in total. The highest BCUT2D eigenvalue weighted by molar-refractivity contribution is 5.76. The average molecular weight is 246 g/mol. The van der Waals surface area contributed by atoms with Crippen LogP contribution in [0.5, 0.6) is 0 Å². The van der Waals surface area contributed by atoms with Gasteiger partial charge in [0, 0.05) is 19.1 Å². The lowest BCUT2D eigenvalue weighted by atomic mass is 9.92. The van der Waals surface area contributed by atoms with Crippen molar-refractivity contribution in [3.05, 3.63) is 35.9 Å². The molecule has 1 aliphatic rings. The number of nitrogens with zero attached hydrogens (tertiary/aromatic N) is 1. The van der Waals surface area contributed by atoms with Gasteiger partial charge in [0.15, 0.2) is 0 Å². The van der Waals surface area contributed by atoms with Crippen molar-refractivity contribution in [1.29, 1.82) is 0 Å². The Morgan fingerprint density at radius 3 is 2.72 bits per heavy atom. The smallest absolute Gasteiger partial charge is 0.221 e. The van der Waals surface area contributed by atoms with E-state index in [9.17, 15) is 4.79 Å². The summed E-state index contributed by atoms with van der Waals surface area (Å²) in [4.78, 5) is 13.7. The van der Waals surface area contributed by atoms with Gasteiger partial charge in [0.25, 0.3) is 0 Å². The Bertz CT molecular complexity index is 391. The number of hydrogen-bond acceptors (Lipinski definition) is 2. The molecule has 1 fully saturated rings. The molecule has 18 heavy (non-hydrogen) atoms. The summed E-state index contributed by atoms with van der Waals surface area (Å²) in [5.41, 5.74) is 6.77. The van der Waals surface area contributed by atoms with Crippen LogP contribution in [0, 0.1) is 5.92 Å². The largest absolute Gasteiger partial charge is 0.369 e. The topological polar surface area (TPSA) is 46.3 Å². The predicted molar refractivity (Wildman–Crippen MR) is 73.1 cm³/mol. The Hall–Kier alpha value is -1.35. The van der Waals surface area contributed by atoms with Crippen molar-refractivity contribution in [3.63, 3.8) is 0 Å². The Morgan fingerprint density at radius 2 is 2.06 bits per heavy atom. The normalized spacial score (nSPS) is 24.9. The molecule has 1 heterocycles. The number of likely N-dealkylation sites (tertiary alicyclic amines) is 1. The van der Waals surface area contributed by atoms with E-state index < -0.39 is 0 Å². The molecule has 0 saturated carbocycles. The van der Waals surface area contributed by atoms with Crippen LogP contribution in [0.1, 0.15) is 25.3 Å². The first-order valence-corrected chi connectivity index (χ1v) is 6.74. The molecule has 0 bridgehead atoms. The fourth-order valence-corrected chi connectivity index (χ4v) is 2.64. The number of hydrogen-bond donors (Lipinski definition) is 1. The van der Waals surface area contributed by atoms with Crippen LogP contribution in [0.15, 0.2) is 30.3 Å². The molecular weight excluding hydrogens is 224 g/mol. The molecule has 1 saturated heterocycles. The van der Waals surface area contributed by atoms with Crippen LogP contribution >= 0.6 is 0 Å². The molecule has 1 amide bonds. The number of nitrogens with two attached hydrogens (primary N) is 1. The zero-order valence-electron chi connectivity index (χ0n) is 11.0. The number of amides is 1. The summed E-state index contributed by atoms with van der Waals surface area (Å²) in [6.45, 7) is 4.07. The number of carbonyl (C=O) groups excluding carboxylic acids is 1. The van der Waals surface area contributed by atoms with Crippen molar-refractivity contribution >= 4 is 5.91 Å². The molecule has 1 aromatic carbocycles. The van der Waals surface area contributed by atoms with Gasteiger partial charge in [-0.05, 0) is 31.7 Å². The highest BCUT2D eigenvalue weighted by Crippen LogP contribution is 2.21. The first-order valence-electron chi connectivity index (χ1n) is 6.74. The van der Waals surface area contributed by atoms with Crippen LogP contribution in [0.4, 0.5) is 0 Å². The second-order valence-corrected chi connectivity index (χ2v) is 5.26. The summed E-state index contributed by atoms with van der Waals surface area (Å²) >= 11 is 0. The molecule has 0 aliphatic carbocycles. The van der Waals surface area contributed by atoms with Crippen molar-refractivity contribution in [2.45, 2.75) is 32.2 Å². The van der Waals surface area contributed by atoms with Gasteiger partial charge in [-0.3, -0.25) is 9.69 Å². The van der Waals surface area contributed by atoms with E-state index in [-0.39, 0.29) is 11.8 Å². The third-order valence-corrected chi connectivity index (χ3v) is 3.94. The first kappa shape index (κ1) is 13.1. The number of carbonyl (C=O) groups is 1. The van der Waals surface area contributed by atoms with E-state index in [1.54, 1.807) is 0 Å². The van der Waals surface area contributed by atoms with Gasteiger partial charge in [0.2, 0.25) is 5.91 Å². The van der Waals surface area contributed by atoms with Crippen LogP contribution in [-0.4, -0.2) is 29.9 Å². The number of primary amides is 1. The van der Waals surface area contributed by atoms with Gasteiger partial charge in [-0.1, -0.05) is 30.3 Å². The van der Waals surface area contributed by atoms with Gasteiger partial charge in [-0.15, -0.1) is 0 Å². The molecule has 3 heteroatoms. The standard InChI is InChI=1S/C15H22N2O/c1-12-7-8-14(15(16)18)11-17(12)10-9-13-5-3-2-4-6-13/h2-6,12,14H,7-11H2,1H3,(H2,16,18)/t12-,14-/m0/s1. The molecule has 2 N–H and O–H groups in total. The lowest BCUT2D eigenvalue weighted by Gasteiger charge is -2.36. The van der Waals surface area contributed by atoms with Crippen LogP contribution in [0.3, 0.4) is 0 Å². The molecule has 0 unspecified atom stereocenters. The lowest BCUT2D eigenvalue weighted by Crippen LogP contribution is -2.46. The molecule has 98 valence electrons. The van der Waals surface area contributed by atoms with Crippen molar-refractivity contribution in [2.24, 2.45) is 11.7 Å². The van der Waals surface area contributed by atoms with Crippen LogP contribution < -0.4 is 5.73 Å². The van der Waals surface area contributed by atoms with E-state index in [2.05, 4.69) is 36.1 Å². The molecule has 0 spiro atoms.